The molecule has 8 heteroatoms. The molecular weight excluding hydrogens is 429 g/mol. The number of anilines is 1. The summed E-state index contributed by atoms with van der Waals surface area (Å²) < 4.78 is 19.9. The molecule has 0 aliphatic rings. The molecule has 4 aromatic rings. The van der Waals surface area contributed by atoms with Gasteiger partial charge in [0.2, 0.25) is 0 Å². The van der Waals surface area contributed by atoms with Gasteiger partial charge in [0.25, 0.3) is 11.5 Å². The number of hydrogen-bond acceptors (Lipinski definition) is 5. The lowest BCUT2D eigenvalue weighted by Crippen LogP contribution is -2.20. The third-order valence-electron chi connectivity index (χ3n) is 4.60. The molecule has 0 atom stereocenters. The van der Waals surface area contributed by atoms with E-state index in [1.807, 2.05) is 37.3 Å². The number of carbonyl (C=O) groups excluding carboxylic acids is 1. The van der Waals surface area contributed by atoms with Crippen molar-refractivity contribution in [3.8, 4) is 5.75 Å². The van der Waals surface area contributed by atoms with Gasteiger partial charge in [-0.1, -0.05) is 12.1 Å². The van der Waals surface area contributed by atoms with Gasteiger partial charge in [-0.3, -0.25) is 14.0 Å². The van der Waals surface area contributed by atoms with Gasteiger partial charge in [-0.2, -0.15) is 0 Å². The van der Waals surface area contributed by atoms with E-state index in [1.165, 1.54) is 46.5 Å². The fourth-order valence-electron chi connectivity index (χ4n) is 3.04. The monoisotopic (exact) mass is 449 g/mol. The maximum absolute atomic E-state index is 13.0. The van der Waals surface area contributed by atoms with Gasteiger partial charge in [0, 0.05) is 22.9 Å². The lowest BCUT2D eigenvalue weighted by Gasteiger charge is -2.11. The van der Waals surface area contributed by atoms with Crippen LogP contribution in [0.3, 0.4) is 0 Å². The molecule has 32 heavy (non-hydrogen) atoms. The molecule has 2 aromatic carbocycles. The topological polar surface area (TPSA) is 72.7 Å². The molecule has 6 nitrogen and oxygen atoms in total. The van der Waals surface area contributed by atoms with Gasteiger partial charge in [-0.15, -0.1) is 11.8 Å². The molecule has 0 fully saturated rings. The van der Waals surface area contributed by atoms with Crippen molar-refractivity contribution in [3.05, 3.63) is 100 Å². The van der Waals surface area contributed by atoms with Crippen LogP contribution in [0.2, 0.25) is 0 Å². The number of amides is 1. The molecule has 2 heterocycles. The van der Waals surface area contributed by atoms with Gasteiger partial charge >= 0.3 is 0 Å². The maximum atomic E-state index is 13.0. The smallest absolute Gasteiger partial charge is 0.262 e. The van der Waals surface area contributed by atoms with Crippen molar-refractivity contribution in [2.24, 2.45) is 0 Å². The van der Waals surface area contributed by atoms with Crippen LogP contribution in [0.15, 0.2) is 82.6 Å². The molecule has 0 saturated carbocycles. The molecule has 0 unspecified atom stereocenters. The zero-order valence-corrected chi connectivity index (χ0v) is 18.1. The second-order valence-corrected chi connectivity index (χ2v) is 8.11. The van der Waals surface area contributed by atoms with Crippen LogP contribution in [0.5, 0.6) is 5.75 Å². The van der Waals surface area contributed by atoms with Crippen LogP contribution in [0.25, 0.3) is 5.65 Å². The fourth-order valence-corrected chi connectivity index (χ4v) is 3.94. The number of hydrogen-bond donors (Lipinski definition) is 1. The van der Waals surface area contributed by atoms with Crippen LogP contribution < -0.4 is 15.6 Å². The lowest BCUT2D eigenvalue weighted by atomic mass is 10.3. The predicted molar refractivity (Wildman–Crippen MR) is 123 cm³/mol. The highest BCUT2D eigenvalue weighted by Gasteiger charge is 2.10. The number of carbonyl (C=O) groups is 1. The van der Waals surface area contributed by atoms with Crippen molar-refractivity contribution in [1.29, 1.82) is 0 Å². The number of nitrogens with one attached hydrogen (secondary N) is 1. The second kappa shape index (κ2) is 9.65. The average molecular weight is 450 g/mol. The number of ether oxygens (including phenoxy) is 1. The summed E-state index contributed by atoms with van der Waals surface area (Å²) in [6.45, 7) is 1.75. The van der Waals surface area contributed by atoms with Crippen LogP contribution in [-0.2, 0) is 10.5 Å². The first-order valence-corrected chi connectivity index (χ1v) is 10.9. The Morgan fingerprint density at radius 3 is 2.72 bits per heavy atom. The number of pyridine rings is 1. The summed E-state index contributed by atoms with van der Waals surface area (Å²) in [5.41, 5.74) is 2.79. The van der Waals surface area contributed by atoms with Crippen molar-refractivity contribution >= 4 is 29.0 Å². The molecule has 2 aromatic heterocycles. The molecule has 0 radical (unpaired) electrons. The lowest BCUT2D eigenvalue weighted by molar-refractivity contribution is -0.118. The van der Waals surface area contributed by atoms with E-state index in [-0.39, 0.29) is 23.9 Å². The molecule has 0 bridgehead atoms. The summed E-state index contributed by atoms with van der Waals surface area (Å²) >= 11 is 1.47. The standard InChI is InChI=1S/C24H20FN3O3S/c1-16-10-11-28-22(12-16)26-18(13-24(28)30)15-32-21-5-3-2-4-20(21)27-23(29)14-31-19-8-6-17(25)7-9-19/h2-13H,14-15H2,1H3,(H,27,29). The Morgan fingerprint density at radius 1 is 1.12 bits per heavy atom. The fraction of sp³-hybridized carbons (Fsp3) is 0.125. The van der Waals surface area contributed by atoms with Gasteiger partial charge < -0.3 is 10.1 Å². The van der Waals surface area contributed by atoms with Crippen LogP contribution >= 0.6 is 11.8 Å². The van der Waals surface area contributed by atoms with Crippen molar-refractivity contribution in [3.63, 3.8) is 0 Å². The summed E-state index contributed by atoms with van der Waals surface area (Å²) in [6, 6.07) is 18.1. The van der Waals surface area contributed by atoms with Gasteiger partial charge in [-0.25, -0.2) is 9.37 Å². The molecular formula is C24H20FN3O3S. The summed E-state index contributed by atoms with van der Waals surface area (Å²) in [6.07, 6.45) is 1.72. The molecule has 0 aliphatic carbocycles. The summed E-state index contributed by atoms with van der Waals surface area (Å²) in [5, 5.41) is 2.83. The van der Waals surface area contributed by atoms with Crippen molar-refractivity contribution in [2.45, 2.75) is 17.6 Å². The van der Waals surface area contributed by atoms with Crippen LogP contribution in [0.4, 0.5) is 10.1 Å². The van der Waals surface area contributed by atoms with Crippen molar-refractivity contribution in [2.75, 3.05) is 11.9 Å². The Labute approximate surface area is 188 Å². The van der Waals surface area contributed by atoms with Gasteiger partial charge in [0.15, 0.2) is 6.61 Å². The molecule has 0 spiro atoms. The average Bonchev–Trinajstić information content (AvgIpc) is 2.78. The number of benzene rings is 2. The highest BCUT2D eigenvalue weighted by molar-refractivity contribution is 7.98. The molecule has 1 amide bonds. The third kappa shape index (κ3) is 5.33. The third-order valence-corrected chi connectivity index (χ3v) is 5.70. The predicted octanol–water partition coefficient (Wildman–Crippen LogP) is 4.45. The SMILES string of the molecule is Cc1ccn2c(=O)cc(CSc3ccccc3NC(=O)COc3ccc(F)cc3)nc2c1. The van der Waals surface area contributed by atoms with Crippen molar-refractivity contribution in [1.82, 2.24) is 9.38 Å². The van der Waals surface area contributed by atoms with Crippen LogP contribution in [-0.4, -0.2) is 21.9 Å². The normalized spacial score (nSPS) is 10.8. The Hall–Kier alpha value is -3.65. The van der Waals surface area contributed by atoms with E-state index in [0.29, 0.717) is 28.5 Å². The van der Waals surface area contributed by atoms with E-state index in [2.05, 4.69) is 10.3 Å². The highest BCUT2D eigenvalue weighted by atomic mass is 32.2. The molecule has 162 valence electrons. The summed E-state index contributed by atoms with van der Waals surface area (Å²) in [5.74, 6) is 0.179. The first-order chi connectivity index (χ1) is 15.5. The second-order valence-electron chi connectivity index (χ2n) is 7.09. The first kappa shape index (κ1) is 21.6. The molecule has 0 aliphatic heterocycles. The van der Waals surface area contributed by atoms with Gasteiger partial charge in [0.1, 0.15) is 17.2 Å². The first-order valence-electron chi connectivity index (χ1n) is 9.87. The minimum Gasteiger partial charge on any atom is -0.484 e. The van der Waals surface area contributed by atoms with Crippen LogP contribution in [0, 0.1) is 12.7 Å². The maximum Gasteiger partial charge on any atom is 0.262 e. The summed E-state index contributed by atoms with van der Waals surface area (Å²) in [7, 11) is 0. The van der Waals surface area contributed by atoms with E-state index >= 15 is 0 Å². The van der Waals surface area contributed by atoms with E-state index in [9.17, 15) is 14.0 Å². The minimum atomic E-state index is -0.369. The quantitative estimate of drug-likeness (QED) is 0.422. The highest BCUT2D eigenvalue weighted by Crippen LogP contribution is 2.29. The molecule has 4 rings (SSSR count). The Bertz CT molecular complexity index is 1320. The minimum absolute atomic E-state index is 0.134. The number of aromatic nitrogens is 2. The number of para-hydroxylation sites is 1. The largest absolute Gasteiger partial charge is 0.484 e. The molecule has 1 N–H and O–H groups in total. The number of nitrogens with zero attached hydrogens (tertiary/aromatic N) is 2. The number of thioether (sulfide) groups is 1. The Balaban J connectivity index is 1.42. The number of halogens is 1. The van der Waals surface area contributed by atoms with Crippen molar-refractivity contribution < 1.29 is 13.9 Å². The van der Waals surface area contributed by atoms with Gasteiger partial charge in [0.05, 0.1) is 11.4 Å². The number of fused-ring (bicyclic) bond motifs is 1. The molecule has 0 saturated heterocycles. The van der Waals surface area contributed by atoms with E-state index in [4.69, 9.17) is 4.74 Å². The Kier molecular flexibility index (Phi) is 6.51. The van der Waals surface area contributed by atoms with Gasteiger partial charge in [-0.05, 0) is 61.0 Å². The summed E-state index contributed by atoms with van der Waals surface area (Å²) in [4.78, 5) is 30.1. The zero-order chi connectivity index (χ0) is 22.5. The van der Waals surface area contributed by atoms with Crippen LogP contribution in [0.1, 0.15) is 11.3 Å². The van der Waals surface area contributed by atoms with E-state index in [1.54, 1.807) is 12.3 Å². The number of aryl methyl sites for hydroxylation is 1. The zero-order valence-electron chi connectivity index (χ0n) is 17.2. The van der Waals surface area contributed by atoms with E-state index in [0.717, 1.165) is 10.5 Å². The van der Waals surface area contributed by atoms with E-state index < -0.39 is 0 Å². The number of rotatable bonds is 7. The Morgan fingerprint density at radius 2 is 1.91 bits per heavy atom.